The number of amides is 1. The van der Waals surface area contributed by atoms with Crippen LogP contribution in [0.1, 0.15) is 16.8 Å². The summed E-state index contributed by atoms with van der Waals surface area (Å²) in [4.78, 5) is 26.5. The van der Waals surface area contributed by atoms with E-state index in [1.165, 1.54) is 4.90 Å². The van der Waals surface area contributed by atoms with Gasteiger partial charge in [-0.05, 0) is 18.2 Å². The first-order valence-electron chi connectivity index (χ1n) is 6.27. The normalized spacial score (nSPS) is 10.0. The third kappa shape index (κ3) is 4.15. The molecule has 0 aromatic heterocycles. The molecule has 20 heavy (non-hydrogen) atoms. The van der Waals surface area contributed by atoms with Crippen LogP contribution < -0.4 is 10.6 Å². The average molecular weight is 279 g/mol. The third-order valence-electron chi connectivity index (χ3n) is 2.79. The van der Waals surface area contributed by atoms with Gasteiger partial charge in [-0.2, -0.15) is 0 Å². The molecule has 0 unspecified atom stereocenters. The third-order valence-corrected chi connectivity index (χ3v) is 2.79. The highest BCUT2D eigenvalue weighted by atomic mass is 16.5. The summed E-state index contributed by atoms with van der Waals surface area (Å²) in [5.41, 5.74) is 7.59. The Morgan fingerprint density at radius 3 is 2.35 bits per heavy atom. The van der Waals surface area contributed by atoms with Crippen LogP contribution in [0.3, 0.4) is 0 Å². The number of hydrogen-bond acceptors (Lipinski definition) is 5. The Labute approximate surface area is 119 Å². The molecule has 0 bridgehead atoms. The summed E-state index contributed by atoms with van der Waals surface area (Å²) in [6, 6.07) is 4.99. The number of anilines is 2. The highest BCUT2D eigenvalue weighted by molar-refractivity contribution is 5.92. The van der Waals surface area contributed by atoms with Crippen molar-refractivity contribution in [3.63, 3.8) is 0 Å². The molecule has 1 aromatic carbocycles. The topological polar surface area (TPSA) is 75.9 Å². The molecule has 0 heterocycles. The molecule has 1 rings (SSSR count). The van der Waals surface area contributed by atoms with Gasteiger partial charge in [-0.15, -0.1) is 0 Å². The van der Waals surface area contributed by atoms with E-state index in [9.17, 15) is 9.59 Å². The van der Waals surface area contributed by atoms with Crippen molar-refractivity contribution in [3.8, 4) is 0 Å². The molecule has 2 N–H and O–H groups in total. The number of benzene rings is 1. The highest BCUT2D eigenvalue weighted by Gasteiger charge is 2.11. The Morgan fingerprint density at radius 1 is 1.20 bits per heavy atom. The second kappa shape index (κ2) is 6.79. The number of nitrogens with zero attached hydrogens (tertiary/aromatic N) is 2. The van der Waals surface area contributed by atoms with Gasteiger partial charge in [-0.3, -0.25) is 4.79 Å². The number of nitrogen functional groups attached to an aromatic ring is 1. The van der Waals surface area contributed by atoms with Crippen LogP contribution in [0.5, 0.6) is 0 Å². The van der Waals surface area contributed by atoms with Gasteiger partial charge in [0.25, 0.3) is 0 Å². The van der Waals surface area contributed by atoms with Crippen LogP contribution in [0.25, 0.3) is 0 Å². The van der Waals surface area contributed by atoms with Crippen molar-refractivity contribution in [2.75, 3.05) is 45.4 Å². The molecule has 0 aliphatic heterocycles. The Balaban J connectivity index is 2.60. The van der Waals surface area contributed by atoms with Crippen molar-refractivity contribution in [1.82, 2.24) is 4.90 Å². The Kier molecular flexibility index (Phi) is 5.37. The molecule has 0 saturated heterocycles. The molecule has 6 nitrogen and oxygen atoms in total. The molecular weight excluding hydrogens is 258 g/mol. The molecule has 6 heteroatoms. The lowest BCUT2D eigenvalue weighted by atomic mass is 10.1. The van der Waals surface area contributed by atoms with Crippen LogP contribution in [0, 0.1) is 0 Å². The zero-order valence-corrected chi connectivity index (χ0v) is 12.3. The fourth-order valence-electron chi connectivity index (χ4n) is 1.63. The van der Waals surface area contributed by atoms with Gasteiger partial charge in [0.15, 0.2) is 0 Å². The van der Waals surface area contributed by atoms with Crippen molar-refractivity contribution in [2.45, 2.75) is 6.42 Å². The van der Waals surface area contributed by atoms with E-state index in [0.717, 1.165) is 5.69 Å². The number of carbonyl (C=O) groups excluding carboxylic acids is 2. The maximum absolute atomic E-state index is 11.8. The lowest BCUT2D eigenvalue weighted by Crippen LogP contribution is -2.23. The minimum atomic E-state index is -0.478. The van der Waals surface area contributed by atoms with Crippen molar-refractivity contribution in [2.24, 2.45) is 0 Å². The SMILES string of the molecule is CN(C)C(=O)CCOC(=O)c1ccc(N(C)C)c(N)c1. The van der Waals surface area contributed by atoms with E-state index in [2.05, 4.69) is 0 Å². The molecule has 0 aliphatic rings. The van der Waals surface area contributed by atoms with E-state index in [0.29, 0.717) is 11.3 Å². The van der Waals surface area contributed by atoms with Crippen LogP contribution in [0.15, 0.2) is 18.2 Å². The largest absolute Gasteiger partial charge is 0.462 e. The summed E-state index contributed by atoms with van der Waals surface area (Å²) in [5.74, 6) is -0.561. The predicted molar refractivity (Wildman–Crippen MR) is 78.8 cm³/mol. The molecule has 0 atom stereocenters. The molecule has 0 saturated carbocycles. The number of hydrogen-bond donors (Lipinski definition) is 1. The van der Waals surface area contributed by atoms with E-state index >= 15 is 0 Å². The van der Waals surface area contributed by atoms with Crippen LogP contribution in [-0.4, -0.2) is 51.6 Å². The van der Waals surface area contributed by atoms with Crippen LogP contribution in [-0.2, 0) is 9.53 Å². The number of ether oxygens (including phenoxy) is 1. The Bertz CT molecular complexity index is 498. The van der Waals surface area contributed by atoms with E-state index in [1.807, 2.05) is 19.0 Å². The van der Waals surface area contributed by atoms with Gasteiger partial charge in [0.05, 0.1) is 23.4 Å². The first-order chi connectivity index (χ1) is 9.32. The van der Waals surface area contributed by atoms with Crippen molar-refractivity contribution in [1.29, 1.82) is 0 Å². The van der Waals surface area contributed by atoms with Gasteiger partial charge >= 0.3 is 5.97 Å². The maximum Gasteiger partial charge on any atom is 0.338 e. The fourth-order valence-corrected chi connectivity index (χ4v) is 1.63. The van der Waals surface area contributed by atoms with Gasteiger partial charge in [-0.25, -0.2) is 4.79 Å². The molecule has 110 valence electrons. The van der Waals surface area contributed by atoms with Gasteiger partial charge in [0.2, 0.25) is 5.91 Å². The summed E-state index contributed by atoms with van der Waals surface area (Å²) in [6.45, 7) is 0.0607. The van der Waals surface area contributed by atoms with Crippen LogP contribution in [0.4, 0.5) is 11.4 Å². The summed E-state index contributed by atoms with van der Waals surface area (Å²) in [7, 11) is 7.06. The minimum absolute atomic E-state index is 0.0607. The lowest BCUT2D eigenvalue weighted by molar-refractivity contribution is -0.129. The number of rotatable bonds is 5. The molecular formula is C14H21N3O3. The first-order valence-corrected chi connectivity index (χ1v) is 6.27. The predicted octanol–water partition coefficient (Wildman–Crippen LogP) is 0.970. The van der Waals surface area contributed by atoms with E-state index < -0.39 is 5.97 Å². The molecule has 0 fully saturated rings. The summed E-state index contributed by atoms with van der Waals surface area (Å²) < 4.78 is 5.05. The first kappa shape index (κ1) is 15.8. The van der Waals surface area contributed by atoms with Crippen molar-refractivity contribution < 1.29 is 14.3 Å². The molecule has 1 amide bonds. The fraction of sp³-hybridized carbons (Fsp3) is 0.429. The highest BCUT2D eigenvalue weighted by Crippen LogP contribution is 2.22. The Morgan fingerprint density at radius 2 is 1.85 bits per heavy atom. The quantitative estimate of drug-likeness (QED) is 0.642. The summed E-state index contributed by atoms with van der Waals surface area (Å²) >= 11 is 0. The molecule has 0 spiro atoms. The van der Waals surface area contributed by atoms with E-state index in [-0.39, 0.29) is 18.9 Å². The summed E-state index contributed by atoms with van der Waals surface area (Å²) in [6.07, 6.45) is 0.171. The smallest absolute Gasteiger partial charge is 0.338 e. The number of nitrogens with two attached hydrogens (primary N) is 1. The van der Waals surface area contributed by atoms with Crippen LogP contribution >= 0.6 is 0 Å². The zero-order chi connectivity index (χ0) is 15.3. The second-order valence-corrected chi connectivity index (χ2v) is 4.84. The summed E-state index contributed by atoms with van der Waals surface area (Å²) in [5, 5.41) is 0. The van der Waals surface area contributed by atoms with E-state index in [1.54, 1.807) is 32.3 Å². The molecule has 1 aromatic rings. The standard InChI is InChI=1S/C14H21N3O3/c1-16(2)12-6-5-10(9-11(12)15)14(19)20-8-7-13(18)17(3)4/h5-6,9H,7-8,15H2,1-4H3. The number of esters is 1. The van der Waals surface area contributed by atoms with Gasteiger partial charge in [0.1, 0.15) is 6.61 Å². The van der Waals surface area contributed by atoms with E-state index in [4.69, 9.17) is 10.5 Å². The van der Waals surface area contributed by atoms with Gasteiger partial charge < -0.3 is 20.3 Å². The second-order valence-electron chi connectivity index (χ2n) is 4.84. The Hall–Kier alpha value is -2.24. The zero-order valence-electron chi connectivity index (χ0n) is 12.3. The lowest BCUT2D eigenvalue weighted by Gasteiger charge is -2.15. The van der Waals surface area contributed by atoms with Crippen molar-refractivity contribution in [3.05, 3.63) is 23.8 Å². The minimum Gasteiger partial charge on any atom is -0.462 e. The van der Waals surface area contributed by atoms with Gasteiger partial charge in [0, 0.05) is 28.2 Å². The van der Waals surface area contributed by atoms with Gasteiger partial charge in [-0.1, -0.05) is 0 Å². The molecule has 0 aliphatic carbocycles. The number of carbonyl (C=O) groups is 2. The maximum atomic E-state index is 11.8. The van der Waals surface area contributed by atoms with Crippen molar-refractivity contribution >= 4 is 23.3 Å². The average Bonchev–Trinajstić information content (AvgIpc) is 2.37. The van der Waals surface area contributed by atoms with Crippen LogP contribution in [0.2, 0.25) is 0 Å². The monoisotopic (exact) mass is 279 g/mol. The molecule has 0 radical (unpaired) electrons.